The SMILES string of the molecule is CC1CNc2cc(C(C)C)ccc2OC1. The van der Waals surface area contributed by atoms with Crippen LogP contribution in [0.3, 0.4) is 0 Å². The number of nitrogens with one attached hydrogen (secondary N) is 1. The third-order valence-corrected chi connectivity index (χ3v) is 2.83. The van der Waals surface area contributed by atoms with E-state index in [0.29, 0.717) is 11.8 Å². The Balaban J connectivity index is 2.28. The third-order valence-electron chi connectivity index (χ3n) is 2.83. The quantitative estimate of drug-likeness (QED) is 0.760. The number of benzene rings is 1. The molecule has 1 N–H and O–H groups in total. The summed E-state index contributed by atoms with van der Waals surface area (Å²) in [4.78, 5) is 0. The van der Waals surface area contributed by atoms with E-state index in [4.69, 9.17) is 4.74 Å². The van der Waals surface area contributed by atoms with Crippen LogP contribution >= 0.6 is 0 Å². The highest BCUT2D eigenvalue weighted by Gasteiger charge is 2.13. The molecule has 1 aromatic carbocycles. The number of rotatable bonds is 1. The normalized spacial score (nSPS) is 20.1. The highest BCUT2D eigenvalue weighted by molar-refractivity contribution is 5.59. The van der Waals surface area contributed by atoms with E-state index >= 15 is 0 Å². The van der Waals surface area contributed by atoms with Crippen LogP contribution in [0.5, 0.6) is 5.75 Å². The van der Waals surface area contributed by atoms with Gasteiger partial charge in [0.15, 0.2) is 0 Å². The maximum Gasteiger partial charge on any atom is 0.142 e. The summed E-state index contributed by atoms with van der Waals surface area (Å²) >= 11 is 0. The fourth-order valence-electron chi connectivity index (χ4n) is 1.75. The fourth-order valence-corrected chi connectivity index (χ4v) is 1.75. The smallest absolute Gasteiger partial charge is 0.142 e. The van der Waals surface area contributed by atoms with Crippen molar-refractivity contribution < 1.29 is 4.74 Å². The van der Waals surface area contributed by atoms with Gasteiger partial charge in [-0.3, -0.25) is 0 Å². The van der Waals surface area contributed by atoms with E-state index in [2.05, 4.69) is 44.3 Å². The van der Waals surface area contributed by atoms with Crippen LogP contribution in [0.1, 0.15) is 32.3 Å². The van der Waals surface area contributed by atoms with Crippen LogP contribution in [0.4, 0.5) is 5.69 Å². The molecular formula is C13H19NO. The standard InChI is InChI=1S/C13H19NO/c1-9(2)11-4-5-13-12(6-11)14-7-10(3)8-15-13/h4-6,9-10,14H,7-8H2,1-3H3. The molecule has 0 amide bonds. The number of hydrogen-bond acceptors (Lipinski definition) is 2. The van der Waals surface area contributed by atoms with Crippen LogP contribution in [-0.4, -0.2) is 13.2 Å². The average molecular weight is 205 g/mol. The molecule has 82 valence electrons. The van der Waals surface area contributed by atoms with E-state index in [0.717, 1.165) is 24.6 Å². The average Bonchev–Trinajstić information content (AvgIpc) is 2.40. The van der Waals surface area contributed by atoms with Gasteiger partial charge in [-0.25, -0.2) is 0 Å². The first-order chi connectivity index (χ1) is 7.16. The molecule has 1 atom stereocenters. The van der Waals surface area contributed by atoms with E-state index in [1.165, 1.54) is 5.56 Å². The van der Waals surface area contributed by atoms with Crippen LogP contribution in [0, 0.1) is 5.92 Å². The molecule has 1 aliphatic heterocycles. The second kappa shape index (κ2) is 4.13. The molecule has 0 radical (unpaired) electrons. The Hall–Kier alpha value is -1.18. The zero-order valence-corrected chi connectivity index (χ0v) is 9.71. The van der Waals surface area contributed by atoms with Gasteiger partial charge in [-0.1, -0.05) is 26.8 Å². The molecule has 15 heavy (non-hydrogen) atoms. The number of hydrogen-bond donors (Lipinski definition) is 1. The van der Waals surface area contributed by atoms with E-state index in [-0.39, 0.29) is 0 Å². The summed E-state index contributed by atoms with van der Waals surface area (Å²) in [6.07, 6.45) is 0. The molecule has 0 saturated heterocycles. The Morgan fingerprint density at radius 1 is 1.40 bits per heavy atom. The van der Waals surface area contributed by atoms with Gasteiger partial charge in [0.2, 0.25) is 0 Å². The number of anilines is 1. The van der Waals surface area contributed by atoms with E-state index in [9.17, 15) is 0 Å². The van der Waals surface area contributed by atoms with Crippen LogP contribution in [-0.2, 0) is 0 Å². The summed E-state index contributed by atoms with van der Waals surface area (Å²) in [5.41, 5.74) is 2.50. The number of fused-ring (bicyclic) bond motifs is 1. The lowest BCUT2D eigenvalue weighted by molar-refractivity contribution is 0.275. The van der Waals surface area contributed by atoms with Gasteiger partial charge in [-0.2, -0.15) is 0 Å². The topological polar surface area (TPSA) is 21.3 Å². The summed E-state index contributed by atoms with van der Waals surface area (Å²) in [6.45, 7) is 8.42. The predicted molar refractivity (Wildman–Crippen MR) is 63.7 cm³/mol. The fraction of sp³-hybridized carbons (Fsp3) is 0.538. The highest BCUT2D eigenvalue weighted by atomic mass is 16.5. The van der Waals surface area contributed by atoms with Gasteiger partial charge in [0, 0.05) is 12.5 Å². The molecule has 1 aliphatic rings. The lowest BCUT2D eigenvalue weighted by Gasteiger charge is -2.11. The Morgan fingerprint density at radius 2 is 2.20 bits per heavy atom. The van der Waals surface area contributed by atoms with Crippen LogP contribution in [0.15, 0.2) is 18.2 Å². The Labute approximate surface area is 91.6 Å². The molecule has 2 nitrogen and oxygen atoms in total. The Morgan fingerprint density at radius 3 is 2.93 bits per heavy atom. The van der Waals surface area contributed by atoms with Crippen molar-refractivity contribution in [2.24, 2.45) is 5.92 Å². The minimum absolute atomic E-state index is 0.567. The second-order valence-corrected chi connectivity index (χ2v) is 4.71. The van der Waals surface area contributed by atoms with Crippen molar-refractivity contribution in [3.8, 4) is 5.75 Å². The molecule has 0 fully saturated rings. The molecule has 0 aliphatic carbocycles. The highest BCUT2D eigenvalue weighted by Crippen LogP contribution is 2.30. The Kier molecular flexibility index (Phi) is 2.85. The molecule has 0 bridgehead atoms. The van der Waals surface area contributed by atoms with Gasteiger partial charge in [-0.05, 0) is 23.6 Å². The summed E-state index contributed by atoms with van der Waals surface area (Å²) in [5, 5.41) is 3.45. The zero-order chi connectivity index (χ0) is 10.8. The van der Waals surface area contributed by atoms with Crippen LogP contribution < -0.4 is 10.1 Å². The molecule has 0 saturated carbocycles. The number of ether oxygens (including phenoxy) is 1. The molecule has 2 heteroatoms. The predicted octanol–water partition coefficient (Wildman–Crippen LogP) is 3.25. The van der Waals surface area contributed by atoms with Crippen molar-refractivity contribution in [2.75, 3.05) is 18.5 Å². The van der Waals surface area contributed by atoms with Crippen molar-refractivity contribution >= 4 is 5.69 Å². The van der Waals surface area contributed by atoms with E-state index in [1.807, 2.05) is 0 Å². The van der Waals surface area contributed by atoms with Crippen molar-refractivity contribution in [2.45, 2.75) is 26.7 Å². The summed E-state index contributed by atoms with van der Waals surface area (Å²) in [6, 6.07) is 6.44. The first-order valence-electron chi connectivity index (χ1n) is 5.67. The van der Waals surface area contributed by atoms with Gasteiger partial charge < -0.3 is 10.1 Å². The molecule has 1 unspecified atom stereocenters. The van der Waals surface area contributed by atoms with Gasteiger partial charge in [-0.15, -0.1) is 0 Å². The summed E-state index contributed by atoms with van der Waals surface area (Å²) in [5.74, 6) is 2.13. The molecular weight excluding hydrogens is 186 g/mol. The van der Waals surface area contributed by atoms with Gasteiger partial charge in [0.1, 0.15) is 5.75 Å². The van der Waals surface area contributed by atoms with Gasteiger partial charge in [0.05, 0.1) is 12.3 Å². The van der Waals surface area contributed by atoms with Crippen molar-refractivity contribution in [3.05, 3.63) is 23.8 Å². The minimum Gasteiger partial charge on any atom is -0.491 e. The monoisotopic (exact) mass is 205 g/mol. The third kappa shape index (κ3) is 2.25. The first kappa shape index (κ1) is 10.3. The zero-order valence-electron chi connectivity index (χ0n) is 9.71. The lowest BCUT2D eigenvalue weighted by atomic mass is 10.0. The second-order valence-electron chi connectivity index (χ2n) is 4.71. The molecule has 0 spiro atoms. The summed E-state index contributed by atoms with van der Waals surface area (Å²) in [7, 11) is 0. The van der Waals surface area contributed by atoms with Crippen LogP contribution in [0.25, 0.3) is 0 Å². The molecule has 1 aromatic rings. The van der Waals surface area contributed by atoms with Crippen LogP contribution in [0.2, 0.25) is 0 Å². The first-order valence-corrected chi connectivity index (χ1v) is 5.67. The molecule has 0 aromatic heterocycles. The van der Waals surface area contributed by atoms with Gasteiger partial charge >= 0.3 is 0 Å². The van der Waals surface area contributed by atoms with Crippen molar-refractivity contribution in [1.29, 1.82) is 0 Å². The minimum atomic E-state index is 0.567. The van der Waals surface area contributed by atoms with Gasteiger partial charge in [0.25, 0.3) is 0 Å². The van der Waals surface area contributed by atoms with Crippen molar-refractivity contribution in [1.82, 2.24) is 0 Å². The largest absolute Gasteiger partial charge is 0.491 e. The lowest BCUT2D eigenvalue weighted by Crippen LogP contribution is -2.13. The summed E-state index contributed by atoms with van der Waals surface area (Å²) < 4.78 is 5.73. The van der Waals surface area contributed by atoms with E-state index < -0.39 is 0 Å². The Bertz CT molecular complexity index is 346. The molecule has 1 heterocycles. The maximum absolute atomic E-state index is 5.73. The molecule has 2 rings (SSSR count). The maximum atomic E-state index is 5.73. The van der Waals surface area contributed by atoms with E-state index in [1.54, 1.807) is 0 Å². The van der Waals surface area contributed by atoms with Crippen molar-refractivity contribution in [3.63, 3.8) is 0 Å².